The Balaban J connectivity index is 1.81. The summed E-state index contributed by atoms with van der Waals surface area (Å²) in [6, 6.07) is 8.22. The second-order valence-electron chi connectivity index (χ2n) is 8.44. The number of hydrogen-bond donors (Lipinski definition) is 2. The van der Waals surface area contributed by atoms with Crippen LogP contribution in [0.2, 0.25) is 0 Å². The Hall–Kier alpha value is -1.62. The van der Waals surface area contributed by atoms with Crippen LogP contribution in [0.3, 0.4) is 0 Å². The van der Waals surface area contributed by atoms with Gasteiger partial charge >= 0.3 is 5.97 Å². The third-order valence-corrected chi connectivity index (χ3v) is 6.30. The fraction of sp³-hybridized carbons (Fsp3) is 0.577. The highest BCUT2D eigenvalue weighted by atomic mass is 35.5. The Morgan fingerprint density at radius 2 is 2.10 bits per heavy atom. The van der Waals surface area contributed by atoms with Crippen molar-refractivity contribution in [3.05, 3.63) is 59.7 Å². The van der Waals surface area contributed by atoms with Crippen molar-refractivity contribution in [1.29, 1.82) is 0 Å². The number of ether oxygens (including phenoxy) is 1. The lowest BCUT2D eigenvalue weighted by atomic mass is 9.91. The highest BCUT2D eigenvalue weighted by Crippen LogP contribution is 2.39. The van der Waals surface area contributed by atoms with Crippen LogP contribution in [0.25, 0.3) is 0 Å². The second kappa shape index (κ2) is 14.4. The summed E-state index contributed by atoms with van der Waals surface area (Å²) < 4.78 is 5.61. The standard InChI is InChI=1S/C26H37ClO4/c1-2-16-31-19-21-9-7-8-20(17-21)18-23(28)14-12-22-13-15-25(27)24(22)10-5-3-4-6-11-26(29)30/h3,5,7-9,12,14,17,22-25,28H,2,4,6,10-11,13,15-16,18-19H2,1H3,(H,29,30)/b5-3-,14-12+/t22?,23?,24-,25?/m1/s1. The highest BCUT2D eigenvalue weighted by Gasteiger charge is 2.32. The maximum absolute atomic E-state index is 10.6. The molecule has 0 radical (unpaired) electrons. The molecule has 172 valence electrons. The van der Waals surface area contributed by atoms with Crippen LogP contribution in [0, 0.1) is 11.8 Å². The largest absolute Gasteiger partial charge is 0.481 e. The number of carboxylic acids is 1. The molecule has 0 bridgehead atoms. The van der Waals surface area contributed by atoms with Crippen LogP contribution < -0.4 is 0 Å². The quantitative estimate of drug-likeness (QED) is 0.211. The highest BCUT2D eigenvalue weighted by molar-refractivity contribution is 6.21. The number of rotatable bonds is 14. The van der Waals surface area contributed by atoms with Crippen LogP contribution in [0.15, 0.2) is 48.6 Å². The van der Waals surface area contributed by atoms with Crippen molar-refractivity contribution in [2.75, 3.05) is 6.61 Å². The average molecular weight is 449 g/mol. The van der Waals surface area contributed by atoms with Crippen LogP contribution in [0.1, 0.15) is 63.0 Å². The molecular weight excluding hydrogens is 412 g/mol. The summed E-state index contributed by atoms with van der Waals surface area (Å²) in [4.78, 5) is 10.6. The van der Waals surface area contributed by atoms with Gasteiger partial charge in [0.1, 0.15) is 0 Å². The van der Waals surface area contributed by atoms with Crippen molar-refractivity contribution in [3.63, 3.8) is 0 Å². The lowest BCUT2D eigenvalue weighted by Gasteiger charge is -2.18. The van der Waals surface area contributed by atoms with E-state index in [1.807, 2.05) is 18.2 Å². The molecule has 1 aliphatic rings. The summed E-state index contributed by atoms with van der Waals surface area (Å²) in [5.74, 6) is -0.0141. The third-order valence-electron chi connectivity index (χ3n) is 5.76. The Morgan fingerprint density at radius 3 is 2.87 bits per heavy atom. The van der Waals surface area contributed by atoms with E-state index in [4.69, 9.17) is 21.4 Å². The number of aliphatic hydroxyl groups excluding tert-OH is 1. The maximum Gasteiger partial charge on any atom is 0.303 e. The third kappa shape index (κ3) is 10.0. The minimum Gasteiger partial charge on any atom is -0.481 e. The van der Waals surface area contributed by atoms with E-state index < -0.39 is 12.1 Å². The Bertz CT molecular complexity index is 715. The summed E-state index contributed by atoms with van der Waals surface area (Å²) in [5.41, 5.74) is 2.25. The van der Waals surface area contributed by atoms with Crippen molar-refractivity contribution in [1.82, 2.24) is 0 Å². The number of carbonyl (C=O) groups is 1. The van der Waals surface area contributed by atoms with Crippen molar-refractivity contribution >= 4 is 17.6 Å². The van der Waals surface area contributed by atoms with Crippen LogP contribution in [0.4, 0.5) is 0 Å². The molecule has 0 aliphatic heterocycles. The number of benzene rings is 1. The molecule has 0 spiro atoms. The van der Waals surface area contributed by atoms with Gasteiger partial charge in [0, 0.05) is 24.8 Å². The molecule has 2 rings (SSSR count). The zero-order chi connectivity index (χ0) is 22.5. The van der Waals surface area contributed by atoms with Crippen molar-refractivity contribution < 1.29 is 19.7 Å². The molecule has 3 unspecified atom stereocenters. The molecule has 0 saturated heterocycles. The fourth-order valence-electron chi connectivity index (χ4n) is 4.11. The topological polar surface area (TPSA) is 66.8 Å². The van der Waals surface area contributed by atoms with Gasteiger partial charge in [-0.3, -0.25) is 4.79 Å². The Kier molecular flexibility index (Phi) is 11.9. The van der Waals surface area contributed by atoms with E-state index in [-0.39, 0.29) is 11.8 Å². The first-order chi connectivity index (χ1) is 15.0. The molecule has 0 aromatic heterocycles. The average Bonchev–Trinajstić information content (AvgIpc) is 3.09. The van der Waals surface area contributed by atoms with Crippen LogP contribution in [-0.2, 0) is 22.6 Å². The Morgan fingerprint density at radius 1 is 1.29 bits per heavy atom. The fourth-order valence-corrected chi connectivity index (χ4v) is 4.53. The maximum atomic E-state index is 10.6. The van der Waals surface area contributed by atoms with Crippen molar-refractivity contribution in [2.24, 2.45) is 11.8 Å². The van der Waals surface area contributed by atoms with Gasteiger partial charge in [-0.25, -0.2) is 0 Å². The van der Waals surface area contributed by atoms with E-state index in [2.05, 4.69) is 37.3 Å². The molecule has 0 heterocycles. The minimum absolute atomic E-state index is 0.148. The van der Waals surface area contributed by atoms with Gasteiger partial charge in [0.25, 0.3) is 0 Å². The molecule has 1 fully saturated rings. The van der Waals surface area contributed by atoms with Crippen LogP contribution in [0.5, 0.6) is 0 Å². The van der Waals surface area contributed by atoms with Crippen LogP contribution in [-0.4, -0.2) is 34.3 Å². The number of alkyl halides is 1. The van der Waals surface area contributed by atoms with E-state index >= 15 is 0 Å². The van der Waals surface area contributed by atoms with Gasteiger partial charge in [-0.15, -0.1) is 11.6 Å². The van der Waals surface area contributed by atoms with Crippen molar-refractivity contribution in [3.8, 4) is 0 Å². The summed E-state index contributed by atoms with van der Waals surface area (Å²) in [6.45, 7) is 3.47. The molecule has 31 heavy (non-hydrogen) atoms. The Labute approximate surface area is 192 Å². The summed E-state index contributed by atoms with van der Waals surface area (Å²) in [6.07, 6.45) is 13.9. The van der Waals surface area contributed by atoms with E-state index in [0.717, 1.165) is 49.8 Å². The summed E-state index contributed by atoms with van der Waals surface area (Å²) >= 11 is 6.55. The number of aliphatic carboxylic acids is 1. The van der Waals surface area contributed by atoms with Gasteiger partial charge in [0.15, 0.2) is 0 Å². The van der Waals surface area contributed by atoms with Crippen molar-refractivity contribution in [2.45, 2.75) is 76.4 Å². The number of hydrogen-bond acceptors (Lipinski definition) is 3. The van der Waals surface area contributed by atoms with E-state index in [1.54, 1.807) is 0 Å². The molecule has 2 N–H and O–H groups in total. The van der Waals surface area contributed by atoms with E-state index in [1.165, 1.54) is 0 Å². The van der Waals surface area contributed by atoms with Gasteiger partial charge in [-0.1, -0.05) is 55.5 Å². The molecule has 4 atom stereocenters. The van der Waals surface area contributed by atoms with Gasteiger partial charge in [0.05, 0.1) is 12.7 Å². The zero-order valence-corrected chi connectivity index (χ0v) is 19.3. The SMILES string of the molecule is CCCOCc1cccc(CC(O)/C=C/C2CCC(Cl)[C@@H]2C/C=C\CCCC(=O)O)c1. The van der Waals surface area contributed by atoms with Gasteiger partial charge in [-0.05, 0) is 61.5 Å². The molecule has 1 aromatic carbocycles. The molecular formula is C26H37ClO4. The molecule has 5 heteroatoms. The lowest BCUT2D eigenvalue weighted by Crippen LogP contribution is -2.14. The molecule has 1 saturated carbocycles. The first-order valence-electron chi connectivity index (χ1n) is 11.5. The second-order valence-corrected chi connectivity index (χ2v) is 9.00. The van der Waals surface area contributed by atoms with Crippen LogP contribution >= 0.6 is 11.6 Å². The predicted octanol–water partition coefficient (Wildman–Crippen LogP) is 5.91. The number of allylic oxidation sites excluding steroid dienone is 3. The van der Waals surface area contributed by atoms with Gasteiger partial charge < -0.3 is 14.9 Å². The van der Waals surface area contributed by atoms with Gasteiger partial charge in [0.2, 0.25) is 0 Å². The summed E-state index contributed by atoms with van der Waals surface area (Å²) in [5, 5.41) is 19.4. The number of carboxylic acid groups (broad SMARTS) is 1. The molecule has 1 aliphatic carbocycles. The van der Waals surface area contributed by atoms with Gasteiger partial charge in [-0.2, -0.15) is 0 Å². The monoisotopic (exact) mass is 448 g/mol. The first-order valence-corrected chi connectivity index (χ1v) is 12.0. The molecule has 1 aromatic rings. The first kappa shape index (κ1) is 25.6. The molecule has 4 nitrogen and oxygen atoms in total. The number of aliphatic hydroxyl groups is 1. The summed E-state index contributed by atoms with van der Waals surface area (Å²) in [7, 11) is 0. The lowest BCUT2D eigenvalue weighted by molar-refractivity contribution is -0.137. The van der Waals surface area contributed by atoms with E-state index in [0.29, 0.717) is 31.3 Å². The van der Waals surface area contributed by atoms with E-state index in [9.17, 15) is 9.90 Å². The smallest absolute Gasteiger partial charge is 0.303 e. The zero-order valence-electron chi connectivity index (χ0n) is 18.6. The minimum atomic E-state index is -0.745. The molecule has 0 amide bonds. The predicted molar refractivity (Wildman–Crippen MR) is 126 cm³/mol. The number of halogens is 1. The number of unbranched alkanes of at least 4 members (excludes halogenated alkanes) is 1. The normalized spacial score (nSPS) is 22.5.